The molecule has 148 valence electrons. The first-order valence-electron chi connectivity index (χ1n) is 9.12. The van der Waals surface area contributed by atoms with Crippen molar-refractivity contribution in [2.24, 2.45) is 0 Å². The molecule has 0 amide bonds. The van der Waals surface area contributed by atoms with Crippen molar-refractivity contribution >= 4 is 35.1 Å². The number of hydrogen-bond acceptors (Lipinski definition) is 6. The largest absolute Gasteiger partial charge is 0.462 e. The normalized spacial score (nSPS) is 14.9. The third kappa shape index (κ3) is 3.94. The van der Waals surface area contributed by atoms with Crippen molar-refractivity contribution in [2.45, 2.75) is 27.3 Å². The molecule has 1 aliphatic heterocycles. The van der Waals surface area contributed by atoms with Gasteiger partial charge in [0.25, 0.3) is 5.56 Å². The molecule has 2 aromatic heterocycles. The minimum atomic E-state index is -0.559. The number of aryl methyl sites for hydroxylation is 2. The number of rotatable bonds is 4. The first-order chi connectivity index (χ1) is 12.5. The highest BCUT2D eigenvalue weighted by atomic mass is 35.5. The van der Waals surface area contributed by atoms with Gasteiger partial charge in [-0.1, -0.05) is 0 Å². The highest BCUT2D eigenvalue weighted by Crippen LogP contribution is 2.30. The molecule has 0 saturated carbocycles. The van der Waals surface area contributed by atoms with Crippen molar-refractivity contribution in [3.05, 3.63) is 33.7 Å². The number of pyridine rings is 2. The molecule has 3 rings (SSSR count). The van der Waals surface area contributed by atoms with Crippen molar-refractivity contribution in [3.8, 4) is 0 Å². The van der Waals surface area contributed by atoms with Gasteiger partial charge in [0, 0.05) is 43.8 Å². The Labute approximate surface area is 165 Å². The molecule has 7 nitrogen and oxygen atoms in total. The van der Waals surface area contributed by atoms with Gasteiger partial charge in [-0.3, -0.25) is 9.36 Å². The SMILES string of the molecule is CCOC(=O)c1c(N2CCN(C)CC2)c2ccc(C)nc2n(CC)c1=O.Cl. The molecule has 3 heterocycles. The van der Waals surface area contributed by atoms with Crippen molar-refractivity contribution in [3.63, 3.8) is 0 Å². The fraction of sp³-hybridized carbons (Fsp3) is 0.526. The van der Waals surface area contributed by atoms with Gasteiger partial charge >= 0.3 is 5.97 Å². The molecule has 0 spiro atoms. The summed E-state index contributed by atoms with van der Waals surface area (Å²) in [4.78, 5) is 34.8. The van der Waals surface area contributed by atoms with E-state index in [2.05, 4.69) is 21.8 Å². The maximum atomic E-state index is 13.2. The fourth-order valence-corrected chi connectivity index (χ4v) is 3.44. The third-order valence-corrected chi connectivity index (χ3v) is 4.84. The van der Waals surface area contributed by atoms with Crippen LogP contribution in [0, 0.1) is 6.92 Å². The van der Waals surface area contributed by atoms with E-state index >= 15 is 0 Å². The van der Waals surface area contributed by atoms with Crippen LogP contribution < -0.4 is 10.5 Å². The van der Waals surface area contributed by atoms with Gasteiger partial charge in [0.2, 0.25) is 0 Å². The maximum absolute atomic E-state index is 13.2. The van der Waals surface area contributed by atoms with E-state index in [4.69, 9.17) is 4.74 Å². The smallest absolute Gasteiger partial charge is 0.345 e. The van der Waals surface area contributed by atoms with Crippen LogP contribution in [0.1, 0.15) is 29.9 Å². The maximum Gasteiger partial charge on any atom is 0.345 e. The van der Waals surface area contributed by atoms with Crippen molar-refractivity contribution in [1.29, 1.82) is 0 Å². The van der Waals surface area contributed by atoms with Crippen LogP contribution in [0.15, 0.2) is 16.9 Å². The van der Waals surface area contributed by atoms with Gasteiger partial charge in [-0.05, 0) is 40.0 Å². The second-order valence-electron chi connectivity index (χ2n) is 6.61. The summed E-state index contributed by atoms with van der Waals surface area (Å²) in [5, 5.41) is 0.824. The average Bonchev–Trinajstić information content (AvgIpc) is 2.61. The number of esters is 1. The lowest BCUT2D eigenvalue weighted by molar-refractivity contribution is 0.0524. The number of aromatic nitrogens is 2. The number of piperazine rings is 1. The third-order valence-electron chi connectivity index (χ3n) is 4.84. The lowest BCUT2D eigenvalue weighted by Crippen LogP contribution is -2.46. The summed E-state index contributed by atoms with van der Waals surface area (Å²) < 4.78 is 6.79. The van der Waals surface area contributed by atoms with E-state index in [-0.39, 0.29) is 30.1 Å². The number of carbonyl (C=O) groups excluding carboxylic acids is 1. The van der Waals surface area contributed by atoms with E-state index in [1.165, 1.54) is 0 Å². The quantitative estimate of drug-likeness (QED) is 0.739. The zero-order valence-corrected chi connectivity index (χ0v) is 17.1. The average molecular weight is 395 g/mol. The van der Waals surface area contributed by atoms with E-state index in [0.717, 1.165) is 37.3 Å². The Kier molecular flexibility index (Phi) is 6.84. The zero-order chi connectivity index (χ0) is 18.8. The molecule has 1 saturated heterocycles. The number of fused-ring (bicyclic) bond motifs is 1. The second-order valence-corrected chi connectivity index (χ2v) is 6.61. The number of carbonyl (C=O) groups is 1. The summed E-state index contributed by atoms with van der Waals surface area (Å²) in [7, 11) is 2.07. The molecule has 1 aliphatic rings. The van der Waals surface area contributed by atoms with Gasteiger partial charge < -0.3 is 14.5 Å². The zero-order valence-electron chi connectivity index (χ0n) is 16.3. The predicted molar refractivity (Wildman–Crippen MR) is 109 cm³/mol. The lowest BCUT2D eigenvalue weighted by Gasteiger charge is -2.35. The summed E-state index contributed by atoms with van der Waals surface area (Å²) >= 11 is 0. The van der Waals surface area contributed by atoms with Crippen LogP contribution in [-0.2, 0) is 11.3 Å². The van der Waals surface area contributed by atoms with Gasteiger partial charge in [-0.2, -0.15) is 0 Å². The lowest BCUT2D eigenvalue weighted by atomic mass is 10.1. The van der Waals surface area contributed by atoms with Crippen LogP contribution in [0.3, 0.4) is 0 Å². The summed E-state index contributed by atoms with van der Waals surface area (Å²) in [6.45, 7) is 9.46. The number of ether oxygens (including phenoxy) is 1. The van der Waals surface area contributed by atoms with Crippen LogP contribution in [0.2, 0.25) is 0 Å². The fourth-order valence-electron chi connectivity index (χ4n) is 3.44. The van der Waals surface area contributed by atoms with E-state index in [9.17, 15) is 9.59 Å². The van der Waals surface area contributed by atoms with Crippen LogP contribution in [0.25, 0.3) is 11.0 Å². The van der Waals surface area contributed by atoms with Crippen molar-refractivity contribution < 1.29 is 9.53 Å². The molecule has 8 heteroatoms. The molecule has 1 fully saturated rings. The molecule has 27 heavy (non-hydrogen) atoms. The standard InChI is InChI=1S/C19H26N4O3.ClH/c1-5-23-17-14(8-7-13(3)20-17)16(22-11-9-21(4)10-12-22)15(18(23)24)19(25)26-6-2;/h7-8H,5-6,9-12H2,1-4H3;1H. The molecule has 0 unspecified atom stereocenters. The monoisotopic (exact) mass is 394 g/mol. The Morgan fingerprint density at radius 3 is 2.44 bits per heavy atom. The molecule has 0 aromatic carbocycles. The summed E-state index contributed by atoms with van der Waals surface area (Å²) in [5.41, 5.74) is 1.92. The second kappa shape index (κ2) is 8.71. The Hall–Kier alpha value is -2.12. The summed E-state index contributed by atoms with van der Waals surface area (Å²) in [6, 6.07) is 3.88. The van der Waals surface area contributed by atoms with E-state index < -0.39 is 5.97 Å². The topological polar surface area (TPSA) is 67.7 Å². The highest BCUT2D eigenvalue weighted by Gasteiger charge is 2.28. The Balaban J connectivity index is 0.00000261. The Bertz CT molecular complexity index is 889. The summed E-state index contributed by atoms with van der Waals surface area (Å²) in [5.74, 6) is -0.559. The van der Waals surface area contributed by atoms with Gasteiger partial charge in [0.1, 0.15) is 11.2 Å². The number of halogens is 1. The van der Waals surface area contributed by atoms with Gasteiger partial charge in [0.15, 0.2) is 0 Å². The van der Waals surface area contributed by atoms with Gasteiger partial charge in [0.05, 0.1) is 12.3 Å². The van der Waals surface area contributed by atoms with Crippen LogP contribution in [0.4, 0.5) is 5.69 Å². The molecule has 2 aromatic rings. The van der Waals surface area contributed by atoms with Gasteiger partial charge in [-0.25, -0.2) is 9.78 Å². The Morgan fingerprint density at radius 2 is 1.85 bits per heavy atom. The number of hydrogen-bond donors (Lipinski definition) is 0. The highest BCUT2D eigenvalue weighted by molar-refractivity contribution is 6.04. The van der Waals surface area contributed by atoms with E-state index in [1.807, 2.05) is 26.0 Å². The number of anilines is 1. The molecule has 0 bridgehead atoms. The first kappa shape index (κ1) is 21.2. The number of likely N-dealkylation sites (N-methyl/N-ethyl adjacent to an activating group) is 1. The summed E-state index contributed by atoms with van der Waals surface area (Å²) in [6.07, 6.45) is 0. The Morgan fingerprint density at radius 1 is 1.19 bits per heavy atom. The van der Waals surface area contributed by atoms with Gasteiger partial charge in [-0.15, -0.1) is 12.4 Å². The first-order valence-corrected chi connectivity index (χ1v) is 9.12. The van der Waals surface area contributed by atoms with Crippen LogP contribution >= 0.6 is 12.4 Å². The molecule has 0 aliphatic carbocycles. The van der Waals surface area contributed by atoms with Crippen molar-refractivity contribution in [1.82, 2.24) is 14.5 Å². The van der Waals surface area contributed by atoms with Crippen LogP contribution in [0.5, 0.6) is 0 Å². The van der Waals surface area contributed by atoms with E-state index in [1.54, 1.807) is 11.5 Å². The minimum absolute atomic E-state index is 0. The molecular formula is C19H27ClN4O3. The molecule has 0 N–H and O–H groups in total. The number of nitrogens with zero attached hydrogens (tertiary/aromatic N) is 4. The predicted octanol–water partition coefficient (Wildman–Crippen LogP) is 2.08. The minimum Gasteiger partial charge on any atom is -0.462 e. The molecule has 0 radical (unpaired) electrons. The molecular weight excluding hydrogens is 368 g/mol. The van der Waals surface area contributed by atoms with Crippen LogP contribution in [-0.4, -0.2) is 60.3 Å². The van der Waals surface area contributed by atoms with E-state index in [0.29, 0.717) is 17.9 Å². The molecule has 0 atom stereocenters. The van der Waals surface area contributed by atoms with Crippen molar-refractivity contribution in [2.75, 3.05) is 44.7 Å².